The van der Waals surface area contributed by atoms with Crippen LogP contribution in [0, 0.1) is 5.82 Å². The van der Waals surface area contributed by atoms with Crippen LogP contribution in [0.15, 0.2) is 42.6 Å². The van der Waals surface area contributed by atoms with Crippen LogP contribution in [0.25, 0.3) is 5.65 Å². The number of nitrogens with one attached hydrogen (secondary N) is 1. The second kappa shape index (κ2) is 8.31. The van der Waals surface area contributed by atoms with Crippen molar-refractivity contribution in [1.82, 2.24) is 29.3 Å². The lowest BCUT2D eigenvalue weighted by atomic mass is 10.1. The number of urea groups is 1. The van der Waals surface area contributed by atoms with Crippen LogP contribution in [0.4, 0.5) is 14.9 Å². The Hall–Kier alpha value is -3.53. The number of hydrogen-bond acceptors (Lipinski definition) is 5. The van der Waals surface area contributed by atoms with Gasteiger partial charge >= 0.3 is 6.03 Å². The van der Waals surface area contributed by atoms with E-state index in [1.54, 1.807) is 52.7 Å². The van der Waals surface area contributed by atoms with E-state index in [0.717, 1.165) is 0 Å². The molecule has 0 aliphatic carbocycles. The molecule has 1 aliphatic rings. The molecule has 0 saturated carbocycles. The smallest absolute Gasteiger partial charge is 0.319 e. The van der Waals surface area contributed by atoms with Crippen molar-refractivity contribution in [3.63, 3.8) is 0 Å². The molecule has 4 rings (SSSR count). The number of anilines is 1. The molecular formula is C21H24FN7O2. The highest BCUT2D eigenvalue weighted by atomic mass is 19.1. The molecule has 0 bridgehead atoms. The van der Waals surface area contributed by atoms with Crippen molar-refractivity contribution in [3.05, 3.63) is 59.8 Å². The SMILES string of the molecule is CN(C)C(=O)N1CCN(C)[C@@H](c2nnc3ccc(C(=O)Nc4cccc(F)c4)cn23)C1. The predicted molar refractivity (Wildman–Crippen MR) is 113 cm³/mol. The molecule has 3 heterocycles. The molecule has 1 saturated heterocycles. The molecule has 1 aromatic carbocycles. The van der Waals surface area contributed by atoms with E-state index >= 15 is 0 Å². The molecule has 1 aliphatic heterocycles. The van der Waals surface area contributed by atoms with Gasteiger partial charge in [0, 0.05) is 45.6 Å². The number of likely N-dealkylation sites (N-methyl/N-ethyl adjacent to an activating group) is 1. The molecule has 1 fully saturated rings. The number of benzene rings is 1. The highest BCUT2D eigenvalue weighted by Gasteiger charge is 2.32. The number of fused-ring (bicyclic) bond motifs is 1. The van der Waals surface area contributed by atoms with Crippen LogP contribution in [0.3, 0.4) is 0 Å². The third-order valence-electron chi connectivity index (χ3n) is 5.37. The van der Waals surface area contributed by atoms with Crippen LogP contribution in [0.1, 0.15) is 22.2 Å². The lowest BCUT2D eigenvalue weighted by Gasteiger charge is -2.39. The van der Waals surface area contributed by atoms with Crippen LogP contribution in [0.5, 0.6) is 0 Å². The number of rotatable bonds is 3. The number of aromatic nitrogens is 3. The highest BCUT2D eigenvalue weighted by molar-refractivity contribution is 6.04. The molecule has 1 N–H and O–H groups in total. The molecule has 10 heteroatoms. The van der Waals surface area contributed by atoms with Gasteiger partial charge in [-0.2, -0.15) is 0 Å². The Morgan fingerprint density at radius 3 is 2.71 bits per heavy atom. The van der Waals surface area contributed by atoms with Gasteiger partial charge in [-0.3, -0.25) is 14.1 Å². The minimum atomic E-state index is -0.425. The van der Waals surface area contributed by atoms with Crippen molar-refractivity contribution in [3.8, 4) is 0 Å². The molecule has 0 unspecified atom stereocenters. The Kier molecular flexibility index (Phi) is 5.55. The van der Waals surface area contributed by atoms with Crippen LogP contribution in [-0.2, 0) is 0 Å². The fourth-order valence-corrected chi connectivity index (χ4v) is 3.65. The van der Waals surface area contributed by atoms with Crippen molar-refractivity contribution < 1.29 is 14.0 Å². The van der Waals surface area contributed by atoms with E-state index in [2.05, 4.69) is 20.4 Å². The number of hydrogen-bond donors (Lipinski definition) is 1. The molecule has 0 radical (unpaired) electrons. The lowest BCUT2D eigenvalue weighted by Crippen LogP contribution is -2.52. The first kappa shape index (κ1) is 20.7. The van der Waals surface area contributed by atoms with E-state index in [-0.39, 0.29) is 18.0 Å². The van der Waals surface area contributed by atoms with Gasteiger partial charge < -0.3 is 15.1 Å². The van der Waals surface area contributed by atoms with E-state index in [4.69, 9.17) is 0 Å². The summed E-state index contributed by atoms with van der Waals surface area (Å²) in [6.45, 7) is 1.79. The fourth-order valence-electron chi connectivity index (χ4n) is 3.65. The van der Waals surface area contributed by atoms with Gasteiger partial charge in [0.15, 0.2) is 11.5 Å². The third-order valence-corrected chi connectivity index (χ3v) is 5.37. The Bertz CT molecular complexity index is 1130. The first-order valence-corrected chi connectivity index (χ1v) is 9.91. The molecular weight excluding hydrogens is 401 g/mol. The lowest BCUT2D eigenvalue weighted by molar-refractivity contribution is 0.0933. The first-order valence-electron chi connectivity index (χ1n) is 9.91. The Balaban J connectivity index is 1.62. The molecule has 31 heavy (non-hydrogen) atoms. The second-order valence-electron chi connectivity index (χ2n) is 7.79. The van der Waals surface area contributed by atoms with Gasteiger partial charge in [0.2, 0.25) is 0 Å². The number of carbonyl (C=O) groups is 2. The molecule has 3 aromatic rings. The minimum absolute atomic E-state index is 0.0536. The summed E-state index contributed by atoms with van der Waals surface area (Å²) in [5, 5.41) is 11.3. The number of carbonyl (C=O) groups excluding carboxylic acids is 2. The maximum absolute atomic E-state index is 13.4. The van der Waals surface area contributed by atoms with Crippen molar-refractivity contribution in [1.29, 1.82) is 0 Å². The first-order chi connectivity index (χ1) is 14.8. The van der Waals surface area contributed by atoms with Crippen LogP contribution < -0.4 is 5.32 Å². The monoisotopic (exact) mass is 425 g/mol. The number of amides is 3. The maximum atomic E-state index is 13.4. The summed E-state index contributed by atoms with van der Waals surface area (Å²) in [6.07, 6.45) is 1.67. The highest BCUT2D eigenvalue weighted by Crippen LogP contribution is 2.24. The van der Waals surface area contributed by atoms with Crippen LogP contribution in [0.2, 0.25) is 0 Å². The van der Waals surface area contributed by atoms with E-state index in [9.17, 15) is 14.0 Å². The number of piperazine rings is 1. The van der Waals surface area contributed by atoms with E-state index in [1.165, 1.54) is 18.2 Å². The topological polar surface area (TPSA) is 86.1 Å². The number of nitrogens with zero attached hydrogens (tertiary/aromatic N) is 6. The van der Waals surface area contributed by atoms with Crippen LogP contribution in [-0.4, -0.2) is 82.0 Å². The maximum Gasteiger partial charge on any atom is 0.319 e. The second-order valence-corrected chi connectivity index (χ2v) is 7.79. The number of halogens is 1. The normalized spacial score (nSPS) is 17.0. The largest absolute Gasteiger partial charge is 0.331 e. The molecule has 2 aromatic heterocycles. The van der Waals surface area contributed by atoms with Gasteiger partial charge in [0.05, 0.1) is 11.6 Å². The molecule has 3 amide bonds. The van der Waals surface area contributed by atoms with Gasteiger partial charge in [-0.25, -0.2) is 9.18 Å². The van der Waals surface area contributed by atoms with Crippen molar-refractivity contribution in [2.24, 2.45) is 0 Å². The number of pyridine rings is 1. The zero-order chi connectivity index (χ0) is 22.1. The van der Waals surface area contributed by atoms with Gasteiger partial charge in [0.25, 0.3) is 5.91 Å². The van der Waals surface area contributed by atoms with Gasteiger partial charge in [-0.15, -0.1) is 10.2 Å². The van der Waals surface area contributed by atoms with Crippen LogP contribution >= 0.6 is 0 Å². The average molecular weight is 425 g/mol. The van der Waals surface area contributed by atoms with Crippen molar-refractivity contribution in [2.75, 3.05) is 46.1 Å². The van der Waals surface area contributed by atoms with E-state index < -0.39 is 5.82 Å². The summed E-state index contributed by atoms with van der Waals surface area (Å²) >= 11 is 0. The molecule has 1 atom stereocenters. The predicted octanol–water partition coefficient (Wildman–Crippen LogP) is 2.09. The minimum Gasteiger partial charge on any atom is -0.331 e. The summed E-state index contributed by atoms with van der Waals surface area (Å²) < 4.78 is 15.2. The average Bonchev–Trinajstić information content (AvgIpc) is 3.16. The van der Waals surface area contributed by atoms with Crippen molar-refractivity contribution >= 4 is 23.3 Å². The summed E-state index contributed by atoms with van der Waals surface area (Å²) in [4.78, 5) is 30.6. The Labute approximate surface area is 179 Å². The zero-order valence-corrected chi connectivity index (χ0v) is 17.6. The third kappa shape index (κ3) is 4.19. The summed E-state index contributed by atoms with van der Waals surface area (Å²) in [5.74, 6) is -0.144. The summed E-state index contributed by atoms with van der Waals surface area (Å²) in [7, 11) is 5.43. The Morgan fingerprint density at radius 1 is 1.16 bits per heavy atom. The molecule has 162 valence electrons. The summed E-state index contributed by atoms with van der Waals surface area (Å²) in [5.41, 5.74) is 1.36. The standard InChI is InChI=1S/C21H24FN7O2/c1-26(2)21(31)28-10-9-27(3)17(13-28)19-25-24-18-8-7-14(12-29(18)19)20(30)23-16-6-4-5-15(22)11-16/h4-8,11-12,17H,9-10,13H2,1-3H3,(H,23,30)/t17-/m1/s1. The fraction of sp³-hybridized carbons (Fsp3) is 0.333. The molecule has 9 nitrogen and oxygen atoms in total. The van der Waals surface area contributed by atoms with Gasteiger partial charge in [-0.05, 0) is 37.4 Å². The summed E-state index contributed by atoms with van der Waals surface area (Å²) in [6, 6.07) is 8.86. The van der Waals surface area contributed by atoms with Gasteiger partial charge in [-0.1, -0.05) is 6.07 Å². The quantitative estimate of drug-likeness (QED) is 0.695. The zero-order valence-electron chi connectivity index (χ0n) is 17.6. The van der Waals surface area contributed by atoms with Gasteiger partial charge in [0.1, 0.15) is 5.82 Å². The Morgan fingerprint density at radius 2 is 1.97 bits per heavy atom. The van der Waals surface area contributed by atoms with Crippen molar-refractivity contribution in [2.45, 2.75) is 6.04 Å². The molecule has 0 spiro atoms. The van der Waals surface area contributed by atoms with E-state index in [0.29, 0.717) is 42.4 Å². The van der Waals surface area contributed by atoms with E-state index in [1.807, 2.05) is 7.05 Å².